The second-order valence-electron chi connectivity index (χ2n) is 4.27. The lowest BCUT2D eigenvalue weighted by Crippen LogP contribution is -2.09. The molecule has 0 aliphatic carbocycles. The molecule has 1 heterocycles. The summed E-state index contributed by atoms with van der Waals surface area (Å²) in [7, 11) is 3.91. The van der Waals surface area contributed by atoms with E-state index in [-0.39, 0.29) is 11.7 Å². The highest BCUT2D eigenvalue weighted by molar-refractivity contribution is 7.99. The highest BCUT2D eigenvalue weighted by Crippen LogP contribution is 2.24. The Balaban J connectivity index is 2.31. The van der Waals surface area contributed by atoms with E-state index in [1.165, 1.54) is 0 Å². The van der Waals surface area contributed by atoms with Gasteiger partial charge in [-0.3, -0.25) is 9.36 Å². The molecule has 3 N–H and O–H groups in total. The fourth-order valence-corrected chi connectivity index (χ4v) is 2.32. The van der Waals surface area contributed by atoms with Gasteiger partial charge >= 0.3 is 5.97 Å². The van der Waals surface area contributed by atoms with Crippen molar-refractivity contribution in [3.8, 4) is 5.69 Å². The predicted octanol–water partition coefficient (Wildman–Crippen LogP) is 1.09. The lowest BCUT2D eigenvalue weighted by molar-refractivity contribution is -0.133. The van der Waals surface area contributed by atoms with Gasteiger partial charge < -0.3 is 15.7 Å². The fourth-order valence-electron chi connectivity index (χ4n) is 1.64. The van der Waals surface area contributed by atoms with Crippen molar-refractivity contribution in [2.75, 3.05) is 30.5 Å². The molecule has 20 heavy (non-hydrogen) atoms. The largest absolute Gasteiger partial charge is 0.481 e. The first-order chi connectivity index (χ1) is 9.49. The van der Waals surface area contributed by atoms with Gasteiger partial charge in [0.1, 0.15) is 0 Å². The van der Waals surface area contributed by atoms with Crippen LogP contribution in [0.1, 0.15) is 0 Å². The predicted molar refractivity (Wildman–Crippen MR) is 78.5 cm³/mol. The monoisotopic (exact) mass is 293 g/mol. The van der Waals surface area contributed by atoms with Crippen molar-refractivity contribution in [1.29, 1.82) is 0 Å². The quantitative estimate of drug-likeness (QED) is 0.796. The number of thioether (sulfide) groups is 1. The zero-order valence-electron chi connectivity index (χ0n) is 11.1. The van der Waals surface area contributed by atoms with Crippen LogP contribution < -0.4 is 10.6 Å². The lowest BCUT2D eigenvalue weighted by atomic mass is 10.2. The van der Waals surface area contributed by atoms with E-state index < -0.39 is 5.97 Å². The van der Waals surface area contributed by atoms with E-state index in [1.54, 1.807) is 4.57 Å². The minimum Gasteiger partial charge on any atom is -0.481 e. The van der Waals surface area contributed by atoms with Crippen LogP contribution in [-0.2, 0) is 4.79 Å². The van der Waals surface area contributed by atoms with Crippen molar-refractivity contribution in [3.63, 3.8) is 0 Å². The van der Waals surface area contributed by atoms with Crippen molar-refractivity contribution >= 4 is 29.4 Å². The number of carbonyl (C=O) groups is 1. The summed E-state index contributed by atoms with van der Waals surface area (Å²) in [6.07, 6.45) is 0. The van der Waals surface area contributed by atoms with Crippen molar-refractivity contribution in [2.24, 2.45) is 0 Å². The number of anilines is 2. The third kappa shape index (κ3) is 3.02. The smallest absolute Gasteiger partial charge is 0.313 e. The number of carboxylic acids is 1. The number of benzene rings is 1. The van der Waals surface area contributed by atoms with Crippen molar-refractivity contribution in [1.82, 2.24) is 14.8 Å². The lowest BCUT2D eigenvalue weighted by Gasteiger charge is -2.13. The van der Waals surface area contributed by atoms with Crippen LogP contribution in [-0.4, -0.2) is 45.7 Å². The van der Waals surface area contributed by atoms with Gasteiger partial charge in [-0.15, -0.1) is 10.2 Å². The molecule has 0 bridgehead atoms. The van der Waals surface area contributed by atoms with Crippen molar-refractivity contribution in [3.05, 3.63) is 24.3 Å². The van der Waals surface area contributed by atoms with Gasteiger partial charge in [0.15, 0.2) is 5.16 Å². The summed E-state index contributed by atoms with van der Waals surface area (Å²) in [5.74, 6) is -0.768. The highest BCUT2D eigenvalue weighted by Gasteiger charge is 2.13. The maximum Gasteiger partial charge on any atom is 0.313 e. The van der Waals surface area contributed by atoms with Crippen LogP contribution in [0.3, 0.4) is 0 Å². The number of nitrogens with zero attached hydrogens (tertiary/aromatic N) is 4. The Morgan fingerprint density at radius 2 is 2.00 bits per heavy atom. The summed E-state index contributed by atoms with van der Waals surface area (Å²) < 4.78 is 1.63. The van der Waals surface area contributed by atoms with E-state index in [0.717, 1.165) is 23.1 Å². The van der Waals surface area contributed by atoms with E-state index in [1.807, 2.05) is 43.3 Å². The number of carboxylic acid groups (broad SMARTS) is 1. The second kappa shape index (κ2) is 5.83. The molecule has 0 unspecified atom stereocenters. The van der Waals surface area contributed by atoms with Crippen molar-refractivity contribution < 1.29 is 9.90 Å². The van der Waals surface area contributed by atoms with E-state index in [2.05, 4.69) is 10.2 Å². The van der Waals surface area contributed by atoms with Crippen LogP contribution in [0.25, 0.3) is 5.69 Å². The molecule has 0 radical (unpaired) electrons. The second-order valence-corrected chi connectivity index (χ2v) is 5.21. The molecule has 0 amide bonds. The van der Waals surface area contributed by atoms with Crippen molar-refractivity contribution in [2.45, 2.75) is 5.16 Å². The molecular weight excluding hydrogens is 278 g/mol. The third-order valence-corrected chi connectivity index (χ3v) is 3.52. The molecular formula is C12H15N5O2S. The Morgan fingerprint density at radius 3 is 2.55 bits per heavy atom. The maximum absolute atomic E-state index is 10.6. The minimum atomic E-state index is -0.911. The van der Waals surface area contributed by atoms with E-state index in [4.69, 9.17) is 10.8 Å². The Hall–Kier alpha value is -2.22. The Morgan fingerprint density at radius 1 is 1.35 bits per heavy atom. The van der Waals surface area contributed by atoms with E-state index >= 15 is 0 Å². The highest BCUT2D eigenvalue weighted by atomic mass is 32.2. The molecule has 7 nitrogen and oxygen atoms in total. The van der Waals surface area contributed by atoms with Gasteiger partial charge in [0, 0.05) is 19.8 Å². The first-order valence-electron chi connectivity index (χ1n) is 5.82. The summed E-state index contributed by atoms with van der Waals surface area (Å²) in [5, 5.41) is 16.9. The number of nitrogen functional groups attached to an aromatic ring is 1. The number of hydrogen-bond donors (Lipinski definition) is 2. The van der Waals surface area contributed by atoms with Gasteiger partial charge in [-0.05, 0) is 24.3 Å². The van der Waals surface area contributed by atoms with Crippen LogP contribution in [0.15, 0.2) is 29.4 Å². The summed E-state index contributed by atoms with van der Waals surface area (Å²) in [6, 6.07) is 7.67. The molecule has 8 heteroatoms. The molecule has 0 atom stereocenters. The van der Waals surface area contributed by atoms with Gasteiger partial charge in [-0.1, -0.05) is 11.8 Å². The van der Waals surface area contributed by atoms with Crippen LogP contribution in [0.5, 0.6) is 0 Å². The molecule has 0 saturated heterocycles. The third-order valence-electron chi connectivity index (χ3n) is 2.61. The first-order valence-corrected chi connectivity index (χ1v) is 6.81. The first kappa shape index (κ1) is 14.2. The molecule has 0 aliphatic rings. The number of nitrogens with two attached hydrogens (primary N) is 1. The molecule has 0 fully saturated rings. The average molecular weight is 293 g/mol. The Labute approximate surface area is 120 Å². The topological polar surface area (TPSA) is 97.3 Å². The molecule has 2 aromatic rings. The minimum absolute atomic E-state index is 0.0894. The van der Waals surface area contributed by atoms with Gasteiger partial charge in [-0.2, -0.15) is 0 Å². The Kier molecular flexibility index (Phi) is 4.14. The molecule has 106 valence electrons. The molecule has 0 saturated carbocycles. The molecule has 0 spiro atoms. The molecule has 2 rings (SSSR count). The molecule has 1 aromatic heterocycles. The van der Waals surface area contributed by atoms with E-state index in [0.29, 0.717) is 5.16 Å². The standard InChI is InChI=1S/C12H15N5O2S/c1-16(2)8-3-5-9(6-4-8)17-11(13)14-15-12(17)20-7-10(18)19/h3-6H,7H2,1-2H3,(H2,13,14)(H,18,19). The normalized spacial score (nSPS) is 10.5. The van der Waals surface area contributed by atoms with Crippen LogP contribution in [0, 0.1) is 0 Å². The number of rotatable bonds is 5. The van der Waals surface area contributed by atoms with Gasteiger partial charge in [0.25, 0.3) is 0 Å². The van der Waals surface area contributed by atoms with Crippen LogP contribution in [0.4, 0.5) is 11.6 Å². The molecule has 1 aromatic carbocycles. The number of hydrogen-bond acceptors (Lipinski definition) is 6. The van der Waals surface area contributed by atoms with Crippen LogP contribution >= 0.6 is 11.8 Å². The van der Waals surface area contributed by atoms with E-state index in [9.17, 15) is 4.79 Å². The zero-order valence-corrected chi connectivity index (χ0v) is 12.0. The molecule has 0 aliphatic heterocycles. The fraction of sp³-hybridized carbons (Fsp3) is 0.250. The maximum atomic E-state index is 10.6. The number of aliphatic carboxylic acids is 1. The van der Waals surface area contributed by atoms with Gasteiger partial charge in [-0.25, -0.2) is 0 Å². The zero-order chi connectivity index (χ0) is 14.7. The average Bonchev–Trinajstić information content (AvgIpc) is 2.77. The summed E-state index contributed by atoms with van der Waals surface area (Å²) in [4.78, 5) is 12.6. The summed E-state index contributed by atoms with van der Waals surface area (Å²) in [5.41, 5.74) is 7.65. The summed E-state index contributed by atoms with van der Waals surface area (Å²) >= 11 is 1.08. The van der Waals surface area contributed by atoms with Gasteiger partial charge in [0.2, 0.25) is 5.95 Å². The number of aromatic nitrogens is 3. The Bertz CT molecular complexity index is 609. The van der Waals surface area contributed by atoms with Gasteiger partial charge in [0.05, 0.1) is 11.4 Å². The van der Waals surface area contributed by atoms with Crippen LogP contribution in [0.2, 0.25) is 0 Å². The summed E-state index contributed by atoms with van der Waals surface area (Å²) in [6.45, 7) is 0. The SMILES string of the molecule is CN(C)c1ccc(-n2c(N)nnc2SCC(=O)O)cc1.